The number of thiazole rings is 1. The summed E-state index contributed by atoms with van der Waals surface area (Å²) < 4.78 is 1.13. The maximum atomic E-state index is 13.1. The van der Waals surface area contributed by atoms with Crippen molar-refractivity contribution >= 4 is 45.0 Å². The van der Waals surface area contributed by atoms with Crippen LogP contribution in [0.15, 0.2) is 42.5 Å². The summed E-state index contributed by atoms with van der Waals surface area (Å²) in [4.78, 5) is 45.4. The Morgan fingerprint density at radius 3 is 2.69 bits per heavy atom. The summed E-state index contributed by atoms with van der Waals surface area (Å²) in [5, 5.41) is 0.903. The largest absolute Gasteiger partial charge is 0.369 e. The molecular formula is C24H24N4O3S. The lowest BCUT2D eigenvalue weighted by molar-refractivity contribution is -0.127. The number of carbonyl (C=O) groups is 3. The monoisotopic (exact) mass is 448 g/mol. The standard InChI is InChI=1S/C24H24N4O3S/c1-14-4-9-18-20(11-14)32-23(26-18)15-5-7-17(8-6-15)28-21(29)12-19(24(28)31)27-10-2-3-16(13-27)22(25)30/h4-9,11,16,19H,2-3,10,12-13H2,1H3,(H2,25,30)/t16-,19+/m1/s1. The average molecular weight is 449 g/mol. The Bertz CT molecular complexity index is 1220. The van der Waals surface area contributed by atoms with Gasteiger partial charge < -0.3 is 5.73 Å². The van der Waals surface area contributed by atoms with Gasteiger partial charge in [-0.1, -0.05) is 6.07 Å². The van der Waals surface area contributed by atoms with E-state index in [4.69, 9.17) is 10.7 Å². The maximum Gasteiger partial charge on any atom is 0.251 e. The number of imide groups is 1. The topological polar surface area (TPSA) is 96.6 Å². The summed E-state index contributed by atoms with van der Waals surface area (Å²) in [6.45, 7) is 3.18. The number of aryl methyl sites for hydroxylation is 1. The molecule has 2 atom stereocenters. The van der Waals surface area contributed by atoms with E-state index in [0.29, 0.717) is 18.8 Å². The molecule has 32 heavy (non-hydrogen) atoms. The quantitative estimate of drug-likeness (QED) is 0.619. The highest BCUT2D eigenvalue weighted by Gasteiger charge is 2.44. The lowest BCUT2D eigenvalue weighted by atomic mass is 9.96. The Kier molecular flexibility index (Phi) is 5.27. The highest BCUT2D eigenvalue weighted by atomic mass is 32.1. The number of nitrogens with zero attached hydrogens (tertiary/aromatic N) is 3. The Morgan fingerprint density at radius 2 is 1.94 bits per heavy atom. The summed E-state index contributed by atoms with van der Waals surface area (Å²) in [6.07, 6.45) is 1.66. The Balaban J connectivity index is 1.36. The van der Waals surface area contributed by atoms with E-state index in [1.807, 2.05) is 29.2 Å². The molecule has 2 aliphatic rings. The van der Waals surface area contributed by atoms with E-state index in [9.17, 15) is 14.4 Å². The fourth-order valence-corrected chi connectivity index (χ4v) is 5.67. The van der Waals surface area contributed by atoms with Gasteiger partial charge in [-0.15, -0.1) is 11.3 Å². The zero-order chi connectivity index (χ0) is 22.4. The van der Waals surface area contributed by atoms with Crippen molar-refractivity contribution in [3.8, 4) is 10.6 Å². The molecule has 1 aromatic heterocycles. The van der Waals surface area contributed by atoms with E-state index < -0.39 is 6.04 Å². The van der Waals surface area contributed by atoms with Crippen LogP contribution in [-0.4, -0.2) is 46.7 Å². The highest BCUT2D eigenvalue weighted by molar-refractivity contribution is 7.21. The summed E-state index contributed by atoms with van der Waals surface area (Å²) in [5.41, 5.74) is 9.14. The number of benzene rings is 2. The molecule has 0 saturated carbocycles. The Hall–Kier alpha value is -3.10. The van der Waals surface area contributed by atoms with E-state index >= 15 is 0 Å². The minimum absolute atomic E-state index is 0.128. The van der Waals surface area contributed by atoms with Gasteiger partial charge in [-0.2, -0.15) is 0 Å². The number of fused-ring (bicyclic) bond motifs is 1. The second kappa shape index (κ2) is 8.11. The highest BCUT2D eigenvalue weighted by Crippen LogP contribution is 2.33. The number of likely N-dealkylation sites (tertiary alicyclic amines) is 1. The molecule has 3 heterocycles. The molecule has 8 heteroatoms. The van der Waals surface area contributed by atoms with E-state index in [2.05, 4.69) is 13.0 Å². The molecule has 3 amide bonds. The second-order valence-electron chi connectivity index (χ2n) is 8.56. The van der Waals surface area contributed by atoms with Crippen LogP contribution in [0.2, 0.25) is 0 Å². The summed E-state index contributed by atoms with van der Waals surface area (Å²) in [6, 6.07) is 13.1. The van der Waals surface area contributed by atoms with Crippen molar-refractivity contribution in [2.75, 3.05) is 18.0 Å². The molecule has 3 aromatic rings. The Morgan fingerprint density at radius 1 is 1.16 bits per heavy atom. The minimum atomic E-state index is -0.531. The molecule has 0 bridgehead atoms. The number of hydrogen-bond donors (Lipinski definition) is 1. The third kappa shape index (κ3) is 3.69. The predicted molar refractivity (Wildman–Crippen MR) is 124 cm³/mol. The van der Waals surface area contributed by atoms with Gasteiger partial charge in [0.2, 0.25) is 11.8 Å². The number of anilines is 1. The lowest BCUT2D eigenvalue weighted by Gasteiger charge is -2.34. The van der Waals surface area contributed by atoms with Crippen LogP contribution in [0.1, 0.15) is 24.8 Å². The number of rotatable bonds is 4. The molecule has 5 rings (SSSR count). The number of hydrogen-bond acceptors (Lipinski definition) is 6. The molecule has 0 unspecified atom stereocenters. The number of nitrogens with two attached hydrogens (primary N) is 1. The van der Waals surface area contributed by atoms with Gasteiger partial charge in [-0.3, -0.25) is 19.3 Å². The molecule has 0 spiro atoms. The molecule has 0 aliphatic carbocycles. The van der Waals surface area contributed by atoms with Crippen LogP contribution < -0.4 is 10.6 Å². The van der Waals surface area contributed by atoms with Crippen molar-refractivity contribution in [1.29, 1.82) is 0 Å². The first-order valence-electron chi connectivity index (χ1n) is 10.8. The van der Waals surface area contributed by atoms with Crippen LogP contribution >= 0.6 is 11.3 Å². The number of carbonyl (C=O) groups excluding carboxylic acids is 3. The molecule has 0 radical (unpaired) electrons. The molecule has 2 fully saturated rings. The van der Waals surface area contributed by atoms with E-state index in [0.717, 1.165) is 33.6 Å². The van der Waals surface area contributed by atoms with Gasteiger partial charge in [-0.05, 0) is 68.3 Å². The van der Waals surface area contributed by atoms with Gasteiger partial charge in [0.15, 0.2) is 0 Å². The molecule has 164 valence electrons. The van der Waals surface area contributed by atoms with Gasteiger partial charge in [0.05, 0.1) is 34.3 Å². The first kappa shape index (κ1) is 20.8. The summed E-state index contributed by atoms with van der Waals surface area (Å²) in [7, 11) is 0. The average Bonchev–Trinajstić information content (AvgIpc) is 3.34. The zero-order valence-corrected chi connectivity index (χ0v) is 18.6. The number of piperidine rings is 1. The summed E-state index contributed by atoms with van der Waals surface area (Å²) in [5.74, 6) is -1.06. The summed E-state index contributed by atoms with van der Waals surface area (Å²) >= 11 is 1.62. The fourth-order valence-electron chi connectivity index (χ4n) is 4.60. The normalized spacial score (nSPS) is 22.1. The first-order chi connectivity index (χ1) is 15.4. The fraction of sp³-hybridized carbons (Fsp3) is 0.333. The van der Waals surface area contributed by atoms with Gasteiger partial charge >= 0.3 is 0 Å². The van der Waals surface area contributed by atoms with Crippen LogP contribution in [-0.2, 0) is 14.4 Å². The van der Waals surface area contributed by atoms with Gasteiger partial charge in [0.25, 0.3) is 5.91 Å². The molecule has 7 nitrogen and oxygen atoms in total. The van der Waals surface area contributed by atoms with E-state index in [-0.39, 0.29) is 30.1 Å². The number of amides is 3. The Labute approximate surface area is 189 Å². The van der Waals surface area contributed by atoms with Gasteiger partial charge in [0, 0.05) is 12.1 Å². The lowest BCUT2D eigenvalue weighted by Crippen LogP contribution is -2.49. The first-order valence-corrected chi connectivity index (χ1v) is 11.6. The van der Waals surface area contributed by atoms with Crippen LogP contribution in [0.5, 0.6) is 0 Å². The number of aromatic nitrogens is 1. The van der Waals surface area contributed by atoms with Crippen LogP contribution in [0.3, 0.4) is 0 Å². The van der Waals surface area contributed by atoms with Crippen LogP contribution in [0, 0.1) is 12.8 Å². The second-order valence-corrected chi connectivity index (χ2v) is 9.59. The molecule has 2 saturated heterocycles. The van der Waals surface area contributed by atoms with Crippen molar-refractivity contribution in [3.63, 3.8) is 0 Å². The third-order valence-corrected chi connectivity index (χ3v) is 7.40. The van der Waals surface area contributed by atoms with Gasteiger partial charge in [-0.25, -0.2) is 9.88 Å². The van der Waals surface area contributed by atoms with E-state index in [1.165, 1.54) is 10.5 Å². The van der Waals surface area contributed by atoms with Crippen molar-refractivity contribution in [2.45, 2.75) is 32.2 Å². The van der Waals surface area contributed by atoms with Crippen molar-refractivity contribution in [1.82, 2.24) is 9.88 Å². The third-order valence-electron chi connectivity index (χ3n) is 6.34. The van der Waals surface area contributed by atoms with Crippen LogP contribution in [0.4, 0.5) is 5.69 Å². The zero-order valence-electron chi connectivity index (χ0n) is 17.8. The van der Waals surface area contributed by atoms with Crippen molar-refractivity contribution in [3.05, 3.63) is 48.0 Å². The molecule has 2 aromatic carbocycles. The predicted octanol–water partition coefficient (Wildman–Crippen LogP) is 3.10. The number of primary amides is 1. The molecule has 2 aliphatic heterocycles. The molecular weight excluding hydrogens is 424 g/mol. The SMILES string of the molecule is Cc1ccc2nc(-c3ccc(N4C(=O)C[C@H](N5CCC[C@@H](C(N)=O)C5)C4=O)cc3)sc2c1. The van der Waals surface area contributed by atoms with Crippen LogP contribution in [0.25, 0.3) is 20.8 Å². The van der Waals surface area contributed by atoms with Crippen molar-refractivity contribution in [2.24, 2.45) is 11.7 Å². The minimum Gasteiger partial charge on any atom is -0.369 e. The van der Waals surface area contributed by atoms with Crippen molar-refractivity contribution < 1.29 is 14.4 Å². The molecule has 2 N–H and O–H groups in total. The van der Waals surface area contributed by atoms with E-state index in [1.54, 1.807) is 23.5 Å². The van der Waals surface area contributed by atoms with Gasteiger partial charge in [0.1, 0.15) is 5.01 Å². The maximum absolute atomic E-state index is 13.1. The smallest absolute Gasteiger partial charge is 0.251 e.